The van der Waals surface area contributed by atoms with Crippen LogP contribution in [0.5, 0.6) is 11.5 Å². The van der Waals surface area contributed by atoms with Crippen LogP contribution in [-0.4, -0.2) is 44.8 Å². The summed E-state index contributed by atoms with van der Waals surface area (Å²) in [6.07, 6.45) is 2.19. The normalized spacial score (nSPS) is 13.5. The third kappa shape index (κ3) is 6.21. The summed E-state index contributed by atoms with van der Waals surface area (Å²) in [6, 6.07) is 5.33. The minimum atomic E-state index is -3.43. The third-order valence-corrected chi connectivity index (χ3v) is 5.15. The molecule has 140 valence electrons. The molecule has 25 heavy (non-hydrogen) atoms. The second kappa shape index (κ2) is 8.53. The van der Waals surface area contributed by atoms with Crippen LogP contribution in [0.2, 0.25) is 0 Å². The number of nitrogens with zero attached hydrogens (tertiary/aromatic N) is 1. The first-order valence-corrected chi connectivity index (χ1v) is 10.2. The predicted molar refractivity (Wildman–Crippen MR) is 94.9 cm³/mol. The number of sulfonamides is 1. The molecule has 0 saturated heterocycles. The van der Waals surface area contributed by atoms with Crippen molar-refractivity contribution in [3.05, 3.63) is 23.8 Å². The van der Waals surface area contributed by atoms with Crippen molar-refractivity contribution in [3.8, 4) is 11.5 Å². The van der Waals surface area contributed by atoms with Crippen LogP contribution < -0.4 is 14.8 Å². The van der Waals surface area contributed by atoms with Crippen LogP contribution in [0.15, 0.2) is 18.2 Å². The highest BCUT2D eigenvalue weighted by molar-refractivity contribution is 7.88. The highest BCUT2D eigenvalue weighted by Crippen LogP contribution is 2.32. The minimum absolute atomic E-state index is 0.135. The van der Waals surface area contributed by atoms with E-state index in [1.165, 1.54) is 4.31 Å². The molecule has 0 aliphatic carbocycles. The number of carbonyl (C=O) groups excluding carboxylic acids is 1. The van der Waals surface area contributed by atoms with Crippen molar-refractivity contribution < 1.29 is 22.7 Å². The standard InChI is InChI=1S/C17H26N2O5S/c1-13(2)6-8-18-17(20)7-9-19(25(3,21)22)11-14-4-5-15-16(10-14)24-12-23-15/h4-5,10,13H,6-9,11-12H2,1-3H3,(H,18,20). The molecule has 8 heteroatoms. The zero-order chi connectivity index (χ0) is 18.4. The number of hydrogen-bond donors (Lipinski definition) is 1. The number of ether oxygens (including phenoxy) is 2. The fraction of sp³-hybridized carbons (Fsp3) is 0.588. The monoisotopic (exact) mass is 370 g/mol. The van der Waals surface area contributed by atoms with E-state index in [0.29, 0.717) is 24.0 Å². The molecule has 0 spiro atoms. The quantitative estimate of drug-likeness (QED) is 0.716. The number of carbonyl (C=O) groups is 1. The van der Waals surface area contributed by atoms with Gasteiger partial charge in [-0.2, -0.15) is 4.31 Å². The Hall–Kier alpha value is -1.80. The van der Waals surface area contributed by atoms with E-state index < -0.39 is 10.0 Å². The molecule has 0 saturated carbocycles. The van der Waals surface area contributed by atoms with E-state index >= 15 is 0 Å². The van der Waals surface area contributed by atoms with Gasteiger partial charge in [-0.05, 0) is 30.0 Å². The van der Waals surface area contributed by atoms with Gasteiger partial charge in [0, 0.05) is 26.1 Å². The molecule has 1 amide bonds. The van der Waals surface area contributed by atoms with Gasteiger partial charge in [-0.25, -0.2) is 8.42 Å². The van der Waals surface area contributed by atoms with Gasteiger partial charge in [-0.1, -0.05) is 19.9 Å². The molecular weight excluding hydrogens is 344 g/mol. The zero-order valence-electron chi connectivity index (χ0n) is 14.9. The molecule has 7 nitrogen and oxygen atoms in total. The molecule has 0 radical (unpaired) electrons. The summed E-state index contributed by atoms with van der Waals surface area (Å²) in [6.45, 7) is 5.28. The molecule has 1 heterocycles. The largest absolute Gasteiger partial charge is 0.454 e. The summed E-state index contributed by atoms with van der Waals surface area (Å²) in [7, 11) is -3.43. The molecule has 1 N–H and O–H groups in total. The van der Waals surface area contributed by atoms with Crippen molar-refractivity contribution in [1.82, 2.24) is 9.62 Å². The molecule has 0 bridgehead atoms. The van der Waals surface area contributed by atoms with Gasteiger partial charge in [0.1, 0.15) is 0 Å². The molecule has 1 aromatic carbocycles. The van der Waals surface area contributed by atoms with E-state index in [1.54, 1.807) is 18.2 Å². The molecule has 1 aromatic rings. The maximum Gasteiger partial charge on any atom is 0.231 e. The number of amides is 1. The van der Waals surface area contributed by atoms with Gasteiger partial charge >= 0.3 is 0 Å². The number of fused-ring (bicyclic) bond motifs is 1. The number of hydrogen-bond acceptors (Lipinski definition) is 5. The van der Waals surface area contributed by atoms with Crippen molar-refractivity contribution in [3.63, 3.8) is 0 Å². The molecule has 0 unspecified atom stereocenters. The van der Waals surface area contributed by atoms with Crippen LogP contribution in [0, 0.1) is 5.92 Å². The van der Waals surface area contributed by atoms with Crippen LogP contribution in [0.25, 0.3) is 0 Å². The molecule has 0 fully saturated rings. The lowest BCUT2D eigenvalue weighted by molar-refractivity contribution is -0.121. The molecule has 1 aliphatic rings. The van der Waals surface area contributed by atoms with Crippen molar-refractivity contribution >= 4 is 15.9 Å². The summed E-state index contributed by atoms with van der Waals surface area (Å²) >= 11 is 0. The van der Waals surface area contributed by atoms with Crippen molar-refractivity contribution in [2.75, 3.05) is 26.1 Å². The molecular formula is C17H26N2O5S. The Morgan fingerprint density at radius 1 is 1.28 bits per heavy atom. The maximum absolute atomic E-state index is 12.0. The van der Waals surface area contributed by atoms with Crippen molar-refractivity contribution in [2.24, 2.45) is 5.92 Å². The number of nitrogens with one attached hydrogen (secondary N) is 1. The highest BCUT2D eigenvalue weighted by atomic mass is 32.2. The first kappa shape index (κ1) is 19.5. The van der Waals surface area contributed by atoms with E-state index in [1.807, 2.05) is 0 Å². The van der Waals surface area contributed by atoms with Gasteiger partial charge in [-0.15, -0.1) is 0 Å². The second-order valence-electron chi connectivity index (χ2n) is 6.57. The Kier molecular flexibility index (Phi) is 6.66. The third-order valence-electron chi connectivity index (χ3n) is 3.90. The van der Waals surface area contributed by atoms with E-state index in [4.69, 9.17) is 9.47 Å². The van der Waals surface area contributed by atoms with Crippen LogP contribution >= 0.6 is 0 Å². The summed E-state index contributed by atoms with van der Waals surface area (Å²) in [5.74, 6) is 1.63. The average Bonchev–Trinajstić information content (AvgIpc) is 2.97. The predicted octanol–water partition coefficient (Wildman–Crippen LogP) is 1.73. The van der Waals surface area contributed by atoms with Gasteiger partial charge in [0.2, 0.25) is 22.7 Å². The zero-order valence-corrected chi connectivity index (χ0v) is 15.8. The van der Waals surface area contributed by atoms with Crippen LogP contribution in [0.4, 0.5) is 0 Å². The Bertz CT molecular complexity index is 703. The summed E-state index contributed by atoms with van der Waals surface area (Å²) in [5, 5.41) is 2.82. The van der Waals surface area contributed by atoms with Crippen LogP contribution in [0.3, 0.4) is 0 Å². The SMILES string of the molecule is CC(C)CCNC(=O)CCN(Cc1ccc2c(c1)OCO2)S(C)(=O)=O. The lowest BCUT2D eigenvalue weighted by Gasteiger charge is -2.20. The van der Waals surface area contributed by atoms with Crippen LogP contribution in [-0.2, 0) is 21.4 Å². The van der Waals surface area contributed by atoms with E-state index in [2.05, 4.69) is 19.2 Å². The summed E-state index contributed by atoms with van der Waals surface area (Å²) in [4.78, 5) is 11.9. The summed E-state index contributed by atoms with van der Waals surface area (Å²) < 4.78 is 35.9. The average molecular weight is 370 g/mol. The fourth-order valence-corrected chi connectivity index (χ4v) is 3.23. The van der Waals surface area contributed by atoms with E-state index in [9.17, 15) is 13.2 Å². The first-order valence-electron chi connectivity index (χ1n) is 8.36. The van der Waals surface area contributed by atoms with Gasteiger partial charge in [0.15, 0.2) is 11.5 Å². The molecule has 1 aliphatic heterocycles. The van der Waals surface area contributed by atoms with Crippen molar-refractivity contribution in [1.29, 1.82) is 0 Å². The molecule has 0 atom stereocenters. The fourth-order valence-electron chi connectivity index (χ4n) is 2.42. The van der Waals surface area contributed by atoms with Gasteiger partial charge in [0.05, 0.1) is 6.26 Å². The molecule has 0 aromatic heterocycles. The minimum Gasteiger partial charge on any atom is -0.454 e. The van der Waals surface area contributed by atoms with Crippen molar-refractivity contribution in [2.45, 2.75) is 33.2 Å². The van der Waals surface area contributed by atoms with E-state index in [-0.39, 0.29) is 32.2 Å². The Balaban J connectivity index is 1.92. The number of benzene rings is 1. The smallest absolute Gasteiger partial charge is 0.231 e. The summed E-state index contributed by atoms with van der Waals surface area (Å²) in [5.41, 5.74) is 0.787. The topological polar surface area (TPSA) is 84.9 Å². The van der Waals surface area contributed by atoms with Crippen LogP contribution in [0.1, 0.15) is 32.3 Å². The number of rotatable bonds is 9. The lowest BCUT2D eigenvalue weighted by Crippen LogP contribution is -2.34. The first-order chi connectivity index (χ1) is 11.8. The molecule has 2 rings (SSSR count). The second-order valence-corrected chi connectivity index (χ2v) is 8.55. The Morgan fingerprint density at radius 2 is 2.00 bits per heavy atom. The van der Waals surface area contributed by atoms with E-state index in [0.717, 1.165) is 18.2 Å². The maximum atomic E-state index is 12.0. The van der Waals surface area contributed by atoms with Gasteiger partial charge in [-0.3, -0.25) is 4.79 Å². The highest BCUT2D eigenvalue weighted by Gasteiger charge is 2.20. The lowest BCUT2D eigenvalue weighted by atomic mass is 10.1. The van der Waals surface area contributed by atoms with Gasteiger partial charge in [0.25, 0.3) is 0 Å². The van der Waals surface area contributed by atoms with Gasteiger partial charge < -0.3 is 14.8 Å². The Morgan fingerprint density at radius 3 is 2.68 bits per heavy atom. The Labute approximate surface area is 149 Å².